The maximum Gasteiger partial charge on any atom is 0.253 e. The summed E-state index contributed by atoms with van der Waals surface area (Å²) in [7, 11) is 0. The summed E-state index contributed by atoms with van der Waals surface area (Å²) in [5, 5.41) is 2.68. The molecular formula is C21H23N3O3. The highest BCUT2D eigenvalue weighted by Gasteiger charge is 2.25. The second-order valence-electron chi connectivity index (χ2n) is 6.71. The van der Waals surface area contributed by atoms with E-state index in [0.29, 0.717) is 43.0 Å². The molecule has 1 aliphatic heterocycles. The van der Waals surface area contributed by atoms with Crippen LogP contribution in [0, 0.1) is 6.92 Å². The quantitative estimate of drug-likeness (QED) is 0.909. The van der Waals surface area contributed by atoms with Crippen LogP contribution >= 0.6 is 0 Å². The molecule has 0 bridgehead atoms. The number of anilines is 1. The fourth-order valence-electron chi connectivity index (χ4n) is 3.16. The Balaban J connectivity index is 1.59. The molecule has 0 radical (unpaired) electrons. The number of carbonyl (C=O) groups excluding carboxylic acids is 3. The van der Waals surface area contributed by atoms with E-state index in [1.807, 2.05) is 31.2 Å². The number of amides is 3. The first-order valence-electron chi connectivity index (χ1n) is 8.97. The van der Waals surface area contributed by atoms with Gasteiger partial charge in [0.25, 0.3) is 11.8 Å². The van der Waals surface area contributed by atoms with Gasteiger partial charge in [-0.3, -0.25) is 14.4 Å². The summed E-state index contributed by atoms with van der Waals surface area (Å²) >= 11 is 0. The Hall–Kier alpha value is -3.15. The lowest BCUT2D eigenvalue weighted by Gasteiger charge is -2.35. The predicted octanol–water partition coefficient (Wildman–Crippen LogP) is 2.55. The van der Waals surface area contributed by atoms with Crippen LogP contribution in [0.3, 0.4) is 0 Å². The largest absolute Gasteiger partial charge is 0.335 e. The van der Waals surface area contributed by atoms with E-state index in [1.165, 1.54) is 6.92 Å². The van der Waals surface area contributed by atoms with Crippen molar-refractivity contribution in [2.45, 2.75) is 13.8 Å². The molecule has 140 valence electrons. The molecule has 1 heterocycles. The van der Waals surface area contributed by atoms with Crippen LogP contribution < -0.4 is 5.32 Å². The molecule has 3 amide bonds. The number of aryl methyl sites for hydroxylation is 1. The van der Waals surface area contributed by atoms with E-state index in [1.54, 1.807) is 34.1 Å². The molecule has 0 saturated carbocycles. The summed E-state index contributed by atoms with van der Waals surface area (Å²) in [6.07, 6.45) is 0. The number of piperazine rings is 1. The predicted molar refractivity (Wildman–Crippen MR) is 104 cm³/mol. The van der Waals surface area contributed by atoms with Crippen molar-refractivity contribution in [3.8, 4) is 0 Å². The first-order chi connectivity index (χ1) is 12.9. The van der Waals surface area contributed by atoms with Gasteiger partial charge in [0, 0.05) is 49.9 Å². The van der Waals surface area contributed by atoms with Gasteiger partial charge in [-0.15, -0.1) is 0 Å². The molecular weight excluding hydrogens is 342 g/mol. The molecule has 1 N–H and O–H groups in total. The number of rotatable bonds is 3. The normalized spacial score (nSPS) is 14.0. The van der Waals surface area contributed by atoms with Crippen LogP contribution in [-0.4, -0.2) is 53.7 Å². The van der Waals surface area contributed by atoms with E-state index in [0.717, 1.165) is 5.56 Å². The molecule has 0 unspecified atom stereocenters. The van der Waals surface area contributed by atoms with Gasteiger partial charge in [0.2, 0.25) is 5.91 Å². The van der Waals surface area contributed by atoms with E-state index in [-0.39, 0.29) is 17.7 Å². The molecule has 0 aromatic heterocycles. The fraction of sp³-hybridized carbons (Fsp3) is 0.286. The smallest absolute Gasteiger partial charge is 0.253 e. The Morgan fingerprint density at radius 1 is 0.815 bits per heavy atom. The fourth-order valence-corrected chi connectivity index (χ4v) is 3.16. The Kier molecular flexibility index (Phi) is 5.54. The Morgan fingerprint density at radius 2 is 1.37 bits per heavy atom. The van der Waals surface area contributed by atoms with Crippen LogP contribution in [0.4, 0.5) is 5.69 Å². The van der Waals surface area contributed by atoms with Gasteiger partial charge in [0.15, 0.2) is 0 Å². The molecule has 6 nitrogen and oxygen atoms in total. The van der Waals surface area contributed by atoms with Crippen molar-refractivity contribution in [2.24, 2.45) is 0 Å². The minimum atomic E-state index is -0.150. The summed E-state index contributed by atoms with van der Waals surface area (Å²) in [4.78, 5) is 39.9. The molecule has 2 aromatic carbocycles. The lowest BCUT2D eigenvalue weighted by Crippen LogP contribution is -2.50. The molecule has 1 aliphatic rings. The highest BCUT2D eigenvalue weighted by atomic mass is 16.2. The summed E-state index contributed by atoms with van der Waals surface area (Å²) in [6, 6.07) is 14.4. The number of hydrogen-bond acceptors (Lipinski definition) is 3. The van der Waals surface area contributed by atoms with Gasteiger partial charge in [-0.1, -0.05) is 17.7 Å². The minimum Gasteiger partial charge on any atom is -0.335 e. The zero-order valence-corrected chi connectivity index (χ0v) is 15.6. The standard InChI is InChI=1S/C21H23N3O3/c1-15-4-3-5-18(14-15)21(27)24-12-10-23(11-13-24)20(26)17-6-8-19(9-7-17)22-16(2)25/h3-9,14H,10-13H2,1-2H3,(H,22,25). The van der Waals surface area contributed by atoms with Crippen LogP contribution in [0.2, 0.25) is 0 Å². The Labute approximate surface area is 158 Å². The zero-order valence-electron chi connectivity index (χ0n) is 15.6. The third-order valence-corrected chi connectivity index (χ3v) is 4.57. The topological polar surface area (TPSA) is 69.7 Å². The monoisotopic (exact) mass is 365 g/mol. The van der Waals surface area contributed by atoms with Gasteiger partial charge in [-0.25, -0.2) is 0 Å². The molecule has 3 rings (SSSR count). The van der Waals surface area contributed by atoms with Crippen LogP contribution in [0.15, 0.2) is 48.5 Å². The van der Waals surface area contributed by atoms with Crippen LogP contribution in [-0.2, 0) is 4.79 Å². The Bertz CT molecular complexity index is 853. The third-order valence-electron chi connectivity index (χ3n) is 4.57. The van der Waals surface area contributed by atoms with Crippen molar-refractivity contribution in [1.82, 2.24) is 9.80 Å². The van der Waals surface area contributed by atoms with Gasteiger partial charge in [0.05, 0.1) is 0 Å². The second-order valence-corrected chi connectivity index (χ2v) is 6.71. The van der Waals surface area contributed by atoms with Crippen molar-refractivity contribution < 1.29 is 14.4 Å². The van der Waals surface area contributed by atoms with Crippen molar-refractivity contribution in [2.75, 3.05) is 31.5 Å². The van der Waals surface area contributed by atoms with Crippen molar-refractivity contribution in [1.29, 1.82) is 0 Å². The Morgan fingerprint density at radius 3 is 1.89 bits per heavy atom. The van der Waals surface area contributed by atoms with E-state index in [4.69, 9.17) is 0 Å². The maximum absolute atomic E-state index is 12.7. The third kappa shape index (κ3) is 4.53. The first kappa shape index (κ1) is 18.6. The van der Waals surface area contributed by atoms with E-state index < -0.39 is 0 Å². The lowest BCUT2D eigenvalue weighted by molar-refractivity contribution is -0.114. The highest BCUT2D eigenvalue weighted by molar-refractivity contribution is 5.96. The molecule has 0 atom stereocenters. The van der Waals surface area contributed by atoms with Crippen LogP contribution in [0.5, 0.6) is 0 Å². The minimum absolute atomic E-state index is 0.00505. The number of hydrogen-bond donors (Lipinski definition) is 1. The maximum atomic E-state index is 12.7. The van der Waals surface area contributed by atoms with E-state index in [9.17, 15) is 14.4 Å². The van der Waals surface area contributed by atoms with Crippen molar-refractivity contribution in [3.63, 3.8) is 0 Å². The number of carbonyl (C=O) groups is 3. The van der Waals surface area contributed by atoms with Gasteiger partial charge < -0.3 is 15.1 Å². The summed E-state index contributed by atoms with van der Waals surface area (Å²) < 4.78 is 0. The average molecular weight is 365 g/mol. The number of nitrogens with zero attached hydrogens (tertiary/aromatic N) is 2. The van der Waals surface area contributed by atoms with Crippen LogP contribution in [0.25, 0.3) is 0 Å². The number of benzene rings is 2. The first-order valence-corrected chi connectivity index (χ1v) is 8.97. The number of nitrogens with one attached hydrogen (secondary N) is 1. The molecule has 2 aromatic rings. The van der Waals surface area contributed by atoms with Gasteiger partial charge in [-0.2, -0.15) is 0 Å². The molecule has 1 saturated heterocycles. The molecule has 0 spiro atoms. The SMILES string of the molecule is CC(=O)Nc1ccc(C(=O)N2CCN(C(=O)c3cccc(C)c3)CC2)cc1. The molecule has 27 heavy (non-hydrogen) atoms. The highest BCUT2D eigenvalue weighted by Crippen LogP contribution is 2.15. The summed E-state index contributed by atoms with van der Waals surface area (Å²) in [5.74, 6) is -0.207. The van der Waals surface area contributed by atoms with Crippen molar-refractivity contribution >= 4 is 23.4 Å². The van der Waals surface area contributed by atoms with E-state index >= 15 is 0 Å². The summed E-state index contributed by atoms with van der Waals surface area (Å²) in [6.45, 7) is 5.44. The second kappa shape index (κ2) is 8.03. The molecule has 0 aliphatic carbocycles. The van der Waals surface area contributed by atoms with Gasteiger partial charge >= 0.3 is 0 Å². The average Bonchev–Trinajstić information content (AvgIpc) is 2.67. The zero-order chi connectivity index (χ0) is 19.4. The molecule has 6 heteroatoms. The van der Waals surface area contributed by atoms with Gasteiger partial charge in [0.1, 0.15) is 0 Å². The summed E-state index contributed by atoms with van der Waals surface area (Å²) in [5.41, 5.74) is 2.97. The lowest BCUT2D eigenvalue weighted by atomic mass is 10.1. The van der Waals surface area contributed by atoms with E-state index in [2.05, 4.69) is 5.32 Å². The van der Waals surface area contributed by atoms with Crippen molar-refractivity contribution in [3.05, 3.63) is 65.2 Å². The molecule has 1 fully saturated rings. The van der Waals surface area contributed by atoms with Crippen LogP contribution in [0.1, 0.15) is 33.2 Å². The van der Waals surface area contributed by atoms with Gasteiger partial charge in [-0.05, 0) is 43.3 Å².